The SMILES string of the molecule is CCn1ncc(NC(=O)c2ccc(Cn3nc(C)cc3C)o2)c1C(N)=O. The van der Waals surface area contributed by atoms with Gasteiger partial charge in [0.2, 0.25) is 0 Å². The van der Waals surface area contributed by atoms with Crippen LogP contribution in [0.1, 0.15) is 45.1 Å². The normalized spacial score (nSPS) is 10.9. The van der Waals surface area contributed by atoms with Gasteiger partial charge >= 0.3 is 0 Å². The Morgan fingerprint density at radius 3 is 2.65 bits per heavy atom. The Morgan fingerprint density at radius 2 is 2.04 bits per heavy atom. The number of nitrogens with zero attached hydrogens (tertiary/aromatic N) is 4. The highest BCUT2D eigenvalue weighted by Gasteiger charge is 2.19. The van der Waals surface area contributed by atoms with Gasteiger partial charge in [0.05, 0.1) is 24.1 Å². The van der Waals surface area contributed by atoms with Crippen LogP contribution in [0.3, 0.4) is 0 Å². The first-order chi connectivity index (χ1) is 12.4. The number of hydrogen-bond donors (Lipinski definition) is 2. The molecule has 0 unspecified atom stereocenters. The zero-order valence-electron chi connectivity index (χ0n) is 14.8. The van der Waals surface area contributed by atoms with Gasteiger partial charge in [-0.15, -0.1) is 0 Å². The van der Waals surface area contributed by atoms with Gasteiger partial charge in [0.1, 0.15) is 11.5 Å². The van der Waals surface area contributed by atoms with E-state index in [0.29, 0.717) is 18.8 Å². The van der Waals surface area contributed by atoms with Crippen molar-refractivity contribution in [1.82, 2.24) is 19.6 Å². The van der Waals surface area contributed by atoms with Crippen molar-refractivity contribution in [2.75, 3.05) is 5.32 Å². The van der Waals surface area contributed by atoms with Crippen LogP contribution in [0, 0.1) is 13.8 Å². The lowest BCUT2D eigenvalue weighted by molar-refractivity contribution is 0.0991. The van der Waals surface area contributed by atoms with Crippen LogP contribution in [0.5, 0.6) is 0 Å². The van der Waals surface area contributed by atoms with E-state index in [1.54, 1.807) is 16.8 Å². The second-order valence-corrected chi connectivity index (χ2v) is 5.89. The molecule has 0 radical (unpaired) electrons. The first-order valence-electron chi connectivity index (χ1n) is 8.15. The quantitative estimate of drug-likeness (QED) is 0.696. The van der Waals surface area contributed by atoms with Crippen LogP contribution in [-0.2, 0) is 13.1 Å². The Bertz CT molecular complexity index is 965. The smallest absolute Gasteiger partial charge is 0.291 e. The molecule has 0 aliphatic rings. The van der Waals surface area contributed by atoms with Gasteiger partial charge in [0, 0.05) is 12.2 Å². The second kappa shape index (κ2) is 6.87. The van der Waals surface area contributed by atoms with Crippen LogP contribution >= 0.6 is 0 Å². The fraction of sp³-hybridized carbons (Fsp3) is 0.294. The fourth-order valence-electron chi connectivity index (χ4n) is 2.73. The van der Waals surface area contributed by atoms with E-state index in [2.05, 4.69) is 15.5 Å². The number of anilines is 1. The molecule has 0 aromatic carbocycles. The lowest BCUT2D eigenvalue weighted by atomic mass is 10.3. The summed E-state index contributed by atoms with van der Waals surface area (Å²) in [6.45, 7) is 6.57. The topological polar surface area (TPSA) is 121 Å². The summed E-state index contributed by atoms with van der Waals surface area (Å²) in [5, 5.41) is 11.0. The summed E-state index contributed by atoms with van der Waals surface area (Å²) in [5.74, 6) is -0.422. The van der Waals surface area contributed by atoms with E-state index in [-0.39, 0.29) is 17.1 Å². The lowest BCUT2D eigenvalue weighted by Crippen LogP contribution is -2.20. The van der Waals surface area contributed by atoms with E-state index in [1.165, 1.54) is 10.9 Å². The van der Waals surface area contributed by atoms with E-state index >= 15 is 0 Å². The molecule has 0 spiro atoms. The largest absolute Gasteiger partial charge is 0.454 e. The number of amides is 2. The molecule has 3 rings (SSSR count). The molecule has 9 nitrogen and oxygen atoms in total. The fourth-order valence-corrected chi connectivity index (χ4v) is 2.73. The number of carbonyl (C=O) groups excluding carboxylic acids is 2. The van der Waals surface area contributed by atoms with Gasteiger partial charge in [-0.25, -0.2) is 0 Å². The van der Waals surface area contributed by atoms with E-state index in [1.807, 2.05) is 26.8 Å². The highest BCUT2D eigenvalue weighted by Crippen LogP contribution is 2.17. The zero-order valence-corrected chi connectivity index (χ0v) is 14.8. The van der Waals surface area contributed by atoms with Crippen LogP contribution in [-0.4, -0.2) is 31.4 Å². The maximum Gasteiger partial charge on any atom is 0.291 e. The van der Waals surface area contributed by atoms with Crippen LogP contribution in [0.15, 0.2) is 28.8 Å². The number of nitrogens with two attached hydrogens (primary N) is 1. The molecular formula is C17H20N6O3. The minimum absolute atomic E-state index is 0.126. The summed E-state index contributed by atoms with van der Waals surface area (Å²) in [6.07, 6.45) is 1.39. The van der Waals surface area contributed by atoms with E-state index in [0.717, 1.165) is 11.4 Å². The first kappa shape index (κ1) is 17.5. The highest BCUT2D eigenvalue weighted by atomic mass is 16.4. The Morgan fingerprint density at radius 1 is 1.27 bits per heavy atom. The van der Waals surface area contributed by atoms with Crippen molar-refractivity contribution in [3.05, 3.63) is 53.0 Å². The van der Waals surface area contributed by atoms with Crippen molar-refractivity contribution < 1.29 is 14.0 Å². The number of carbonyl (C=O) groups is 2. The third-order valence-electron chi connectivity index (χ3n) is 3.91. The molecule has 0 fully saturated rings. The number of rotatable bonds is 6. The Labute approximate surface area is 149 Å². The molecule has 3 aromatic rings. The molecule has 136 valence electrons. The van der Waals surface area contributed by atoms with Gasteiger partial charge in [-0.05, 0) is 39.0 Å². The predicted octanol–water partition coefficient (Wildman–Crippen LogP) is 1.71. The van der Waals surface area contributed by atoms with Crippen molar-refractivity contribution in [1.29, 1.82) is 0 Å². The van der Waals surface area contributed by atoms with Crippen molar-refractivity contribution in [3.8, 4) is 0 Å². The number of furan rings is 1. The molecule has 26 heavy (non-hydrogen) atoms. The maximum absolute atomic E-state index is 12.4. The Kier molecular flexibility index (Phi) is 4.61. The molecule has 0 saturated carbocycles. The van der Waals surface area contributed by atoms with Crippen LogP contribution in [0.2, 0.25) is 0 Å². The molecule has 3 heterocycles. The summed E-state index contributed by atoms with van der Waals surface area (Å²) in [5.41, 5.74) is 7.69. The van der Waals surface area contributed by atoms with Crippen molar-refractivity contribution in [2.24, 2.45) is 5.73 Å². The molecule has 0 saturated heterocycles. The number of aryl methyl sites for hydroxylation is 3. The highest BCUT2D eigenvalue weighted by molar-refractivity contribution is 6.06. The molecule has 3 aromatic heterocycles. The third kappa shape index (κ3) is 3.37. The van der Waals surface area contributed by atoms with Gasteiger partial charge < -0.3 is 15.5 Å². The first-order valence-corrected chi connectivity index (χ1v) is 8.15. The van der Waals surface area contributed by atoms with E-state index in [4.69, 9.17) is 10.2 Å². The zero-order chi connectivity index (χ0) is 18.8. The van der Waals surface area contributed by atoms with Crippen molar-refractivity contribution >= 4 is 17.5 Å². The van der Waals surface area contributed by atoms with Gasteiger partial charge in [-0.2, -0.15) is 10.2 Å². The average molecular weight is 356 g/mol. The maximum atomic E-state index is 12.4. The van der Waals surface area contributed by atoms with Gasteiger partial charge in [-0.1, -0.05) is 0 Å². The summed E-state index contributed by atoms with van der Waals surface area (Å²) in [7, 11) is 0. The molecule has 0 bridgehead atoms. The monoisotopic (exact) mass is 356 g/mol. The van der Waals surface area contributed by atoms with Crippen LogP contribution in [0.25, 0.3) is 0 Å². The van der Waals surface area contributed by atoms with Gasteiger partial charge in [0.15, 0.2) is 5.76 Å². The molecular weight excluding hydrogens is 336 g/mol. The predicted molar refractivity (Wildman–Crippen MR) is 93.9 cm³/mol. The molecule has 0 atom stereocenters. The summed E-state index contributed by atoms with van der Waals surface area (Å²) < 4.78 is 8.83. The standard InChI is InChI=1S/C17H20N6O3/c1-4-22-15(16(18)24)13(8-19-22)20-17(25)14-6-5-12(26-14)9-23-11(3)7-10(2)21-23/h5-8H,4,9H2,1-3H3,(H2,18,24)(H,20,25). The lowest BCUT2D eigenvalue weighted by Gasteiger charge is -2.05. The molecule has 2 amide bonds. The third-order valence-corrected chi connectivity index (χ3v) is 3.91. The molecule has 0 aliphatic heterocycles. The summed E-state index contributed by atoms with van der Waals surface area (Å²) in [6, 6.07) is 5.26. The number of primary amides is 1. The van der Waals surface area contributed by atoms with E-state index in [9.17, 15) is 9.59 Å². The summed E-state index contributed by atoms with van der Waals surface area (Å²) in [4.78, 5) is 24.0. The van der Waals surface area contributed by atoms with E-state index < -0.39 is 11.8 Å². The van der Waals surface area contributed by atoms with Gasteiger partial charge in [0.25, 0.3) is 11.8 Å². The number of aromatic nitrogens is 4. The summed E-state index contributed by atoms with van der Waals surface area (Å²) >= 11 is 0. The van der Waals surface area contributed by atoms with Crippen LogP contribution < -0.4 is 11.1 Å². The van der Waals surface area contributed by atoms with Gasteiger partial charge in [-0.3, -0.25) is 19.0 Å². The average Bonchev–Trinajstić information content (AvgIpc) is 3.27. The Hall–Kier alpha value is -3.36. The van der Waals surface area contributed by atoms with Crippen LogP contribution in [0.4, 0.5) is 5.69 Å². The molecule has 0 aliphatic carbocycles. The molecule has 9 heteroatoms. The number of nitrogens with one attached hydrogen (secondary N) is 1. The minimum Gasteiger partial charge on any atom is -0.454 e. The minimum atomic E-state index is -0.663. The number of hydrogen-bond acceptors (Lipinski definition) is 5. The van der Waals surface area contributed by atoms with Crippen molar-refractivity contribution in [3.63, 3.8) is 0 Å². The second-order valence-electron chi connectivity index (χ2n) is 5.89. The Balaban J connectivity index is 1.76. The van der Waals surface area contributed by atoms with Crippen molar-refractivity contribution in [2.45, 2.75) is 33.9 Å². The molecule has 3 N–H and O–H groups in total.